The van der Waals surface area contributed by atoms with Gasteiger partial charge < -0.3 is 29.4 Å². The third-order valence-corrected chi connectivity index (χ3v) is 23.8. The number of unbranched alkanes of at least 4 members (excludes halogenated alkanes) is 16. The lowest BCUT2D eigenvalue weighted by Gasteiger charge is -2.50. The fourth-order valence-corrected chi connectivity index (χ4v) is 20.6. The summed E-state index contributed by atoms with van der Waals surface area (Å²) in [6, 6.07) is 0. The van der Waals surface area contributed by atoms with E-state index in [0.29, 0.717) is 0 Å². The fraction of sp³-hybridized carbons (Fsp3) is 1.00. The first-order chi connectivity index (χ1) is 30.2. The summed E-state index contributed by atoms with van der Waals surface area (Å²) in [5.41, 5.74) is 0. The van der Waals surface area contributed by atoms with Gasteiger partial charge in [-0.15, -0.1) is 37.4 Å². The molecule has 0 N–H and O–H groups in total. The van der Waals surface area contributed by atoms with Crippen molar-refractivity contribution in [3.8, 4) is 0 Å². The zero-order valence-electron chi connectivity index (χ0n) is 46.7. The van der Waals surface area contributed by atoms with E-state index in [9.17, 15) is 0 Å². The van der Waals surface area contributed by atoms with E-state index in [1.165, 1.54) is 155 Å². The van der Waals surface area contributed by atoms with Crippen molar-refractivity contribution < 1.29 is 29.4 Å². The molecule has 392 valence electrons. The molecule has 0 bridgehead atoms. The fourth-order valence-electron chi connectivity index (χ4n) is 10.1. The predicted molar refractivity (Wildman–Crippen MR) is 290 cm³/mol. The van der Waals surface area contributed by atoms with Crippen LogP contribution in [0.1, 0.15) is 239 Å². The number of hydrogen-bond donors (Lipinski definition) is 0. The highest BCUT2D eigenvalue weighted by Crippen LogP contribution is 2.71. The first-order valence-corrected chi connectivity index (χ1v) is 31.2. The molecule has 0 aliphatic carbocycles. The van der Waals surface area contributed by atoms with Gasteiger partial charge >= 0.3 is 15.7 Å². The van der Waals surface area contributed by atoms with Crippen LogP contribution in [0.25, 0.3) is 0 Å². The van der Waals surface area contributed by atoms with E-state index < -0.39 is 15.7 Å². The Labute approximate surface area is 424 Å². The van der Waals surface area contributed by atoms with Gasteiger partial charge in [0.1, 0.15) is 0 Å². The largest absolute Gasteiger partial charge is 1.00 e. The number of rotatable bonds is 44. The van der Waals surface area contributed by atoms with Crippen LogP contribution < -0.4 is 29.4 Å². The van der Waals surface area contributed by atoms with Crippen LogP contribution in [0, 0.1) is 0 Å². The first-order valence-electron chi connectivity index (χ1n) is 28.0. The van der Waals surface area contributed by atoms with Crippen molar-refractivity contribution in [2.45, 2.75) is 239 Å². The van der Waals surface area contributed by atoms with Crippen LogP contribution in [0.2, 0.25) is 0 Å². The molecule has 0 heterocycles. The van der Waals surface area contributed by atoms with Crippen LogP contribution >= 0.6 is 15.7 Å². The van der Waals surface area contributed by atoms with Gasteiger partial charge in [-0.2, -0.15) is 0 Å². The third-order valence-electron chi connectivity index (χ3n) is 13.5. The smallest absolute Gasteiger partial charge is 0.308 e. The van der Waals surface area contributed by atoms with Gasteiger partial charge in [0, 0.05) is 105 Å². The Morgan fingerprint density at radius 3 is 0.469 bits per heavy atom. The Morgan fingerprint density at radius 2 is 0.344 bits per heavy atom. The lowest BCUT2D eigenvalue weighted by Crippen LogP contribution is -3.00. The van der Waals surface area contributed by atoms with E-state index in [1.807, 2.05) is 0 Å². The molecule has 0 saturated heterocycles. The highest BCUT2D eigenvalue weighted by Gasteiger charge is 2.60. The normalized spacial score (nSPS) is 12.4. The molecule has 0 atom stereocenters. The van der Waals surface area contributed by atoms with E-state index in [2.05, 4.69) is 148 Å². The van der Waals surface area contributed by atoms with Crippen LogP contribution in [-0.4, -0.2) is 142 Å². The van der Waals surface area contributed by atoms with Gasteiger partial charge in [-0.05, 0) is 109 Å². The Balaban J connectivity index is -0.000000545. The lowest BCUT2D eigenvalue weighted by molar-refractivity contribution is -0.00100. The van der Waals surface area contributed by atoms with Gasteiger partial charge in [0.25, 0.3) is 0 Å². The van der Waals surface area contributed by atoms with Crippen molar-refractivity contribution in [1.29, 1.82) is 0 Å². The second-order valence-corrected chi connectivity index (χ2v) is 24.1. The maximum absolute atomic E-state index is 3.00. The van der Waals surface area contributed by atoms with Crippen LogP contribution in [0.5, 0.6) is 0 Å². The Kier molecular flexibility index (Phi) is 53.9. The van der Waals surface area contributed by atoms with E-state index >= 15 is 0 Å². The second-order valence-electron chi connectivity index (χ2n) is 17.5. The van der Waals surface area contributed by atoms with Gasteiger partial charge in [0.2, 0.25) is 0 Å². The molecule has 0 radical (unpaired) electrons. The average molecular weight is 1030 g/mol. The van der Waals surface area contributed by atoms with Gasteiger partial charge in [0.05, 0.1) is 0 Å². The van der Waals surface area contributed by atoms with Crippen molar-refractivity contribution in [2.24, 2.45) is 0 Å². The number of hydrogen-bond acceptors (Lipinski definition) is 8. The van der Waals surface area contributed by atoms with E-state index in [1.54, 1.807) is 0 Å². The van der Waals surface area contributed by atoms with Crippen molar-refractivity contribution in [3.63, 3.8) is 0 Å². The van der Waals surface area contributed by atoms with Gasteiger partial charge in [-0.3, -0.25) is 0 Å². The van der Waals surface area contributed by atoms with Crippen molar-refractivity contribution in [1.82, 2.24) is 37.4 Å². The monoisotopic (exact) mass is 1030 g/mol. The highest BCUT2D eigenvalue weighted by atomic mass is 79.9. The van der Waals surface area contributed by atoms with Gasteiger partial charge in [-0.25, -0.2) is 0 Å². The Morgan fingerprint density at radius 1 is 0.203 bits per heavy atom. The molecule has 0 aliphatic heterocycles. The molecule has 0 fully saturated rings. The van der Waals surface area contributed by atoms with Gasteiger partial charge in [0.15, 0.2) is 0 Å². The molecule has 0 saturated carbocycles. The van der Waals surface area contributed by atoms with Crippen LogP contribution in [-0.2, 0) is 0 Å². The zero-order chi connectivity index (χ0) is 47.1. The average Bonchev–Trinajstić information content (AvgIpc) is 3.29. The minimum atomic E-state index is -1.71. The van der Waals surface area contributed by atoms with Gasteiger partial charge in [-0.1, -0.05) is 130 Å². The van der Waals surface area contributed by atoms with Crippen LogP contribution in [0.3, 0.4) is 0 Å². The summed E-state index contributed by atoms with van der Waals surface area (Å²) in [5.74, 6) is 0. The summed E-state index contributed by atoms with van der Waals surface area (Å²) in [5, 5.41) is 0. The second kappa shape index (κ2) is 48.0. The SMILES string of the molecule is CCCCCCCN(CCCCCCC)[P+](N(CC)CC)(N(CC)CC)N(CC)CC.CCCCCCCN(CCCCCCC)[P+](N(CC)CC)(N(CC)CC)N(CC)CC.[Br-].[Cl-]. The topological polar surface area (TPSA) is 25.9 Å². The van der Waals surface area contributed by atoms with Crippen LogP contribution in [0.4, 0.5) is 0 Å². The summed E-state index contributed by atoms with van der Waals surface area (Å²) < 4.78 is 23.1. The summed E-state index contributed by atoms with van der Waals surface area (Å²) in [6.07, 6.45) is 27.4. The van der Waals surface area contributed by atoms with Crippen LogP contribution in [0.15, 0.2) is 0 Å². The molecule has 0 aromatic rings. The summed E-state index contributed by atoms with van der Waals surface area (Å²) in [7, 11) is -3.43. The molecule has 64 heavy (non-hydrogen) atoms. The molecular weight excluding hydrogens is 914 g/mol. The minimum absolute atomic E-state index is 0. The molecule has 8 nitrogen and oxygen atoms in total. The predicted octanol–water partition coefficient (Wildman–Crippen LogP) is 9.87. The Bertz CT molecular complexity index is 759. The summed E-state index contributed by atoms with van der Waals surface area (Å²) in [4.78, 5) is 0. The highest BCUT2D eigenvalue weighted by molar-refractivity contribution is 7.67. The van der Waals surface area contributed by atoms with E-state index in [0.717, 1.165) is 78.5 Å². The third kappa shape index (κ3) is 23.9. The molecule has 0 aliphatic rings. The molecule has 0 rings (SSSR count). The minimum Gasteiger partial charge on any atom is -1.00 e. The number of halogens is 2. The standard InChI is InChI=1S/2C26H60N4P.BrH.ClH/c2*1-9-17-19-21-23-25-30(26-24-22-20-18-10-2)31(27(11-3)12-4,28(13-5)14-6)29(15-7)16-8;;/h2*9-26H2,1-8H3;2*1H/q2*+1;;/p-2. The summed E-state index contributed by atoms with van der Waals surface area (Å²) in [6.45, 7) is 56.5. The molecule has 0 spiro atoms. The van der Waals surface area contributed by atoms with E-state index in [4.69, 9.17) is 0 Å². The summed E-state index contributed by atoms with van der Waals surface area (Å²) >= 11 is 0. The zero-order valence-corrected chi connectivity index (χ0v) is 50.8. The lowest BCUT2D eigenvalue weighted by atomic mass is 10.1. The van der Waals surface area contributed by atoms with Crippen molar-refractivity contribution in [2.75, 3.05) is 105 Å². The Hall–Kier alpha value is 1.31. The van der Waals surface area contributed by atoms with Crippen molar-refractivity contribution in [3.05, 3.63) is 0 Å². The molecule has 0 unspecified atom stereocenters. The van der Waals surface area contributed by atoms with E-state index in [-0.39, 0.29) is 29.4 Å². The maximum Gasteiger partial charge on any atom is 0.308 e. The molecular formula is C52H120BrClN8P2. The molecule has 12 heteroatoms. The first kappa shape index (κ1) is 71.9. The molecule has 0 aromatic carbocycles. The van der Waals surface area contributed by atoms with Crippen molar-refractivity contribution >= 4 is 15.7 Å². The quantitative estimate of drug-likeness (QED) is 0.0440. The molecule has 0 amide bonds. The number of nitrogens with zero attached hydrogens (tertiary/aromatic N) is 8. The molecule has 0 aromatic heterocycles. The maximum atomic E-state index is 3.00.